The van der Waals surface area contributed by atoms with E-state index in [9.17, 15) is 4.79 Å². The summed E-state index contributed by atoms with van der Waals surface area (Å²) in [5.41, 5.74) is 1.24. The third kappa shape index (κ3) is 2.03. The van der Waals surface area contributed by atoms with Crippen LogP contribution in [0.1, 0.15) is 19.3 Å². The van der Waals surface area contributed by atoms with Crippen molar-refractivity contribution in [3.63, 3.8) is 0 Å². The van der Waals surface area contributed by atoms with Crippen molar-refractivity contribution < 1.29 is 4.79 Å². The quantitative estimate of drug-likeness (QED) is 0.890. The lowest BCUT2D eigenvalue weighted by Gasteiger charge is -2.23. The minimum absolute atomic E-state index is 0.210. The summed E-state index contributed by atoms with van der Waals surface area (Å²) in [5.74, 6) is 0.434. The van der Waals surface area contributed by atoms with Gasteiger partial charge in [-0.1, -0.05) is 0 Å². The monoisotopic (exact) mass is 286 g/mol. The van der Waals surface area contributed by atoms with Gasteiger partial charge in [0, 0.05) is 16.3 Å². The maximum absolute atomic E-state index is 12.4. The normalized spacial score (nSPS) is 23.9. The zero-order valence-electron chi connectivity index (χ0n) is 11.3. The minimum atomic E-state index is 0.210. The van der Waals surface area contributed by atoms with E-state index in [1.165, 1.54) is 10.1 Å². The second kappa shape index (κ2) is 4.57. The molecule has 1 aliphatic carbocycles. The summed E-state index contributed by atoms with van der Waals surface area (Å²) < 4.78 is 1.27. The third-order valence-corrected chi connectivity index (χ3v) is 5.72. The fourth-order valence-corrected chi connectivity index (χ4v) is 4.24. The molecule has 1 saturated carbocycles. The molecular weight excluding hydrogens is 268 g/mol. The predicted octanol–water partition coefficient (Wildman–Crippen LogP) is 3.23. The number of nitrogens with one attached hydrogen (secondary N) is 2. The lowest BCUT2D eigenvalue weighted by atomic mass is 9.92. The molecule has 1 aromatic carbocycles. The average Bonchev–Trinajstić information content (AvgIpc) is 2.96. The molecule has 104 valence electrons. The molecule has 1 saturated heterocycles. The first-order valence-electron chi connectivity index (χ1n) is 7.26. The van der Waals surface area contributed by atoms with Gasteiger partial charge in [0.05, 0.1) is 0 Å². The van der Waals surface area contributed by atoms with Crippen molar-refractivity contribution in [2.24, 2.45) is 11.3 Å². The van der Waals surface area contributed by atoms with Gasteiger partial charge >= 0.3 is 0 Å². The van der Waals surface area contributed by atoms with Gasteiger partial charge in [-0.05, 0) is 72.8 Å². The van der Waals surface area contributed by atoms with Gasteiger partial charge in [-0.15, -0.1) is 11.3 Å². The van der Waals surface area contributed by atoms with Gasteiger partial charge in [0.1, 0.15) is 0 Å². The van der Waals surface area contributed by atoms with Crippen LogP contribution >= 0.6 is 11.3 Å². The van der Waals surface area contributed by atoms with Crippen molar-refractivity contribution >= 4 is 33.0 Å². The van der Waals surface area contributed by atoms with Crippen molar-refractivity contribution in [2.45, 2.75) is 19.3 Å². The van der Waals surface area contributed by atoms with Crippen molar-refractivity contribution in [2.75, 3.05) is 18.4 Å². The number of hydrogen-bond acceptors (Lipinski definition) is 3. The standard InChI is InChI=1S/C16H18N2OS/c19-15(13-10-16(13)4-6-17-7-5-16)18-12-1-2-14-11(9-12)3-8-20-14/h1-3,8-9,13,17H,4-7,10H2,(H,18,19). The van der Waals surface area contributed by atoms with Crippen LogP contribution in [0.4, 0.5) is 5.69 Å². The molecule has 1 unspecified atom stereocenters. The number of rotatable bonds is 2. The molecule has 1 atom stereocenters. The number of piperidine rings is 1. The van der Waals surface area contributed by atoms with Gasteiger partial charge in [-0.3, -0.25) is 4.79 Å². The number of hydrogen-bond donors (Lipinski definition) is 2. The van der Waals surface area contributed by atoms with E-state index in [4.69, 9.17) is 0 Å². The van der Waals surface area contributed by atoms with Gasteiger partial charge in [-0.2, -0.15) is 0 Å². The Morgan fingerprint density at radius 2 is 2.15 bits per heavy atom. The van der Waals surface area contributed by atoms with Crippen LogP contribution in [0, 0.1) is 11.3 Å². The van der Waals surface area contributed by atoms with Crippen molar-refractivity contribution in [3.8, 4) is 0 Å². The molecule has 2 aromatic rings. The zero-order chi connectivity index (χ0) is 13.6. The number of fused-ring (bicyclic) bond motifs is 1. The summed E-state index contributed by atoms with van der Waals surface area (Å²) in [6.45, 7) is 2.12. The zero-order valence-corrected chi connectivity index (χ0v) is 12.1. The summed E-state index contributed by atoms with van der Waals surface area (Å²) in [6, 6.07) is 8.26. The Bertz CT molecular complexity index is 657. The molecule has 3 nitrogen and oxygen atoms in total. The van der Waals surface area contributed by atoms with Crippen molar-refractivity contribution in [3.05, 3.63) is 29.6 Å². The molecule has 2 heterocycles. The predicted molar refractivity (Wildman–Crippen MR) is 83.1 cm³/mol. The Kier molecular flexibility index (Phi) is 2.82. The summed E-state index contributed by atoms with van der Waals surface area (Å²) in [7, 11) is 0. The van der Waals surface area contributed by atoms with Crippen LogP contribution in [0.3, 0.4) is 0 Å². The van der Waals surface area contributed by atoms with E-state index in [0.717, 1.165) is 38.0 Å². The van der Waals surface area contributed by atoms with E-state index >= 15 is 0 Å². The van der Waals surface area contributed by atoms with E-state index in [1.807, 2.05) is 6.07 Å². The Morgan fingerprint density at radius 3 is 3.00 bits per heavy atom. The first-order valence-corrected chi connectivity index (χ1v) is 8.14. The molecule has 20 heavy (non-hydrogen) atoms. The molecule has 4 heteroatoms. The molecule has 1 amide bonds. The molecule has 2 fully saturated rings. The van der Waals surface area contributed by atoms with E-state index in [-0.39, 0.29) is 11.8 Å². The van der Waals surface area contributed by atoms with E-state index in [1.54, 1.807) is 11.3 Å². The van der Waals surface area contributed by atoms with Crippen LogP contribution in [-0.4, -0.2) is 19.0 Å². The average molecular weight is 286 g/mol. The van der Waals surface area contributed by atoms with Crippen LogP contribution < -0.4 is 10.6 Å². The number of anilines is 1. The number of amides is 1. The molecule has 1 spiro atoms. The van der Waals surface area contributed by atoms with Crippen LogP contribution in [0.2, 0.25) is 0 Å². The Morgan fingerprint density at radius 1 is 1.30 bits per heavy atom. The number of benzene rings is 1. The molecule has 0 radical (unpaired) electrons. The van der Waals surface area contributed by atoms with Crippen molar-refractivity contribution in [1.82, 2.24) is 5.32 Å². The maximum atomic E-state index is 12.4. The smallest absolute Gasteiger partial charge is 0.228 e. The molecule has 1 aliphatic heterocycles. The first kappa shape index (κ1) is 12.4. The first-order chi connectivity index (χ1) is 9.77. The highest BCUT2D eigenvalue weighted by atomic mass is 32.1. The van der Waals surface area contributed by atoms with Gasteiger partial charge < -0.3 is 10.6 Å². The Hall–Kier alpha value is -1.39. The number of carbonyl (C=O) groups excluding carboxylic acids is 1. The fourth-order valence-electron chi connectivity index (χ4n) is 3.47. The van der Waals surface area contributed by atoms with Crippen LogP contribution in [0.15, 0.2) is 29.6 Å². The lowest BCUT2D eigenvalue weighted by Crippen LogP contribution is -2.31. The molecule has 4 rings (SSSR count). The van der Waals surface area contributed by atoms with E-state index < -0.39 is 0 Å². The summed E-state index contributed by atoms with van der Waals surface area (Å²) in [6.07, 6.45) is 3.37. The van der Waals surface area contributed by atoms with Crippen LogP contribution in [0.25, 0.3) is 10.1 Å². The van der Waals surface area contributed by atoms with Crippen LogP contribution in [-0.2, 0) is 4.79 Å². The molecule has 2 aliphatic rings. The molecule has 0 bridgehead atoms. The largest absolute Gasteiger partial charge is 0.326 e. The van der Waals surface area contributed by atoms with Crippen LogP contribution in [0.5, 0.6) is 0 Å². The summed E-state index contributed by atoms with van der Waals surface area (Å²) in [5, 5.41) is 9.77. The van der Waals surface area contributed by atoms with Gasteiger partial charge in [0.15, 0.2) is 0 Å². The SMILES string of the molecule is O=C(Nc1ccc2sccc2c1)C1CC12CCNCC2. The second-order valence-electron chi connectivity index (χ2n) is 6.03. The third-order valence-electron chi connectivity index (χ3n) is 4.83. The highest BCUT2D eigenvalue weighted by molar-refractivity contribution is 7.17. The number of thiophene rings is 1. The Labute approximate surface area is 122 Å². The Balaban J connectivity index is 1.47. The van der Waals surface area contributed by atoms with Crippen molar-refractivity contribution in [1.29, 1.82) is 0 Å². The molecule has 1 aromatic heterocycles. The molecular formula is C16H18N2OS. The lowest BCUT2D eigenvalue weighted by molar-refractivity contribution is -0.118. The minimum Gasteiger partial charge on any atom is -0.326 e. The van der Waals surface area contributed by atoms with Gasteiger partial charge in [0.25, 0.3) is 0 Å². The fraction of sp³-hybridized carbons (Fsp3) is 0.438. The van der Waals surface area contributed by atoms with Gasteiger partial charge in [0.2, 0.25) is 5.91 Å². The number of carbonyl (C=O) groups is 1. The summed E-state index contributed by atoms with van der Waals surface area (Å²) >= 11 is 1.73. The van der Waals surface area contributed by atoms with E-state index in [0.29, 0.717) is 5.41 Å². The maximum Gasteiger partial charge on any atom is 0.228 e. The van der Waals surface area contributed by atoms with E-state index in [2.05, 4.69) is 34.2 Å². The highest BCUT2D eigenvalue weighted by Crippen LogP contribution is 2.58. The topological polar surface area (TPSA) is 41.1 Å². The highest BCUT2D eigenvalue weighted by Gasteiger charge is 2.57. The molecule has 2 N–H and O–H groups in total. The van der Waals surface area contributed by atoms with Gasteiger partial charge in [-0.25, -0.2) is 0 Å². The summed E-state index contributed by atoms with van der Waals surface area (Å²) in [4.78, 5) is 12.4. The second-order valence-corrected chi connectivity index (χ2v) is 6.98.